The third kappa shape index (κ3) is 2.01. The van der Waals surface area contributed by atoms with Gasteiger partial charge < -0.3 is 10.1 Å². The van der Waals surface area contributed by atoms with Crippen molar-refractivity contribution in [3.63, 3.8) is 0 Å². The molecule has 1 N–H and O–H groups in total. The van der Waals surface area contributed by atoms with Crippen molar-refractivity contribution in [2.45, 2.75) is 19.3 Å². The number of ether oxygens (including phenoxy) is 1. The first-order valence-corrected chi connectivity index (χ1v) is 5.42. The van der Waals surface area contributed by atoms with Gasteiger partial charge in [0.05, 0.1) is 12.5 Å². The van der Waals surface area contributed by atoms with E-state index in [0.717, 1.165) is 5.56 Å². The molecule has 0 aliphatic carbocycles. The van der Waals surface area contributed by atoms with E-state index in [1.54, 1.807) is 13.0 Å². The number of halogens is 1. The molecule has 4 heteroatoms. The maximum atomic E-state index is 13.0. The highest BCUT2D eigenvalue weighted by Gasteiger charge is 2.27. The van der Waals surface area contributed by atoms with Crippen LogP contribution >= 0.6 is 0 Å². The van der Waals surface area contributed by atoms with E-state index in [4.69, 9.17) is 4.74 Å². The first-order chi connectivity index (χ1) is 7.72. The summed E-state index contributed by atoms with van der Waals surface area (Å²) in [5.74, 6) is -0.788. The van der Waals surface area contributed by atoms with Crippen molar-refractivity contribution in [2.75, 3.05) is 18.5 Å². The number of carbonyl (C=O) groups excluding carboxylic acids is 1. The van der Waals surface area contributed by atoms with Crippen LogP contribution in [0.4, 0.5) is 10.1 Å². The molecule has 1 heterocycles. The molecule has 16 heavy (non-hydrogen) atoms. The maximum absolute atomic E-state index is 13.0. The van der Waals surface area contributed by atoms with E-state index in [9.17, 15) is 9.18 Å². The van der Waals surface area contributed by atoms with Crippen LogP contribution in [-0.2, 0) is 9.53 Å². The smallest absolute Gasteiger partial charge is 0.313 e. The van der Waals surface area contributed by atoms with Gasteiger partial charge in [-0.15, -0.1) is 0 Å². The minimum absolute atomic E-state index is 0.225. The minimum Gasteiger partial charge on any atom is -0.466 e. The van der Waals surface area contributed by atoms with Crippen LogP contribution in [0.1, 0.15) is 24.8 Å². The van der Waals surface area contributed by atoms with Crippen molar-refractivity contribution in [3.05, 3.63) is 29.6 Å². The summed E-state index contributed by atoms with van der Waals surface area (Å²) < 4.78 is 18.0. The number of carbonyl (C=O) groups is 1. The first-order valence-electron chi connectivity index (χ1n) is 5.42. The average molecular weight is 223 g/mol. The summed E-state index contributed by atoms with van der Waals surface area (Å²) in [6, 6.07) is 4.44. The Morgan fingerprint density at radius 1 is 1.62 bits per heavy atom. The summed E-state index contributed by atoms with van der Waals surface area (Å²) in [6.07, 6.45) is 0.692. The zero-order valence-corrected chi connectivity index (χ0v) is 9.13. The topological polar surface area (TPSA) is 38.3 Å². The van der Waals surface area contributed by atoms with Crippen LogP contribution < -0.4 is 5.32 Å². The molecule has 1 aliphatic heterocycles. The van der Waals surface area contributed by atoms with Crippen molar-refractivity contribution in [3.8, 4) is 0 Å². The van der Waals surface area contributed by atoms with Gasteiger partial charge in [-0.1, -0.05) is 6.07 Å². The van der Waals surface area contributed by atoms with Crippen molar-refractivity contribution >= 4 is 11.7 Å². The van der Waals surface area contributed by atoms with Crippen molar-refractivity contribution < 1.29 is 13.9 Å². The van der Waals surface area contributed by atoms with Gasteiger partial charge in [0.2, 0.25) is 0 Å². The van der Waals surface area contributed by atoms with Gasteiger partial charge >= 0.3 is 5.97 Å². The number of nitrogens with one attached hydrogen (secondary N) is 1. The van der Waals surface area contributed by atoms with Crippen molar-refractivity contribution in [1.82, 2.24) is 0 Å². The molecular formula is C12H14FNO2. The number of hydrogen-bond donors (Lipinski definition) is 1. The van der Waals surface area contributed by atoms with E-state index in [1.807, 2.05) is 0 Å². The number of hydrogen-bond acceptors (Lipinski definition) is 3. The largest absolute Gasteiger partial charge is 0.466 e. The number of benzene rings is 1. The lowest BCUT2D eigenvalue weighted by Gasteiger charge is -2.25. The molecule has 0 amide bonds. The number of esters is 1. The van der Waals surface area contributed by atoms with E-state index in [1.165, 1.54) is 12.1 Å². The van der Waals surface area contributed by atoms with Gasteiger partial charge in [0.25, 0.3) is 0 Å². The van der Waals surface area contributed by atoms with Crippen LogP contribution in [0.25, 0.3) is 0 Å². The Bertz CT molecular complexity index is 406. The Hall–Kier alpha value is -1.58. The number of anilines is 1. The summed E-state index contributed by atoms with van der Waals surface area (Å²) >= 11 is 0. The molecule has 1 aromatic rings. The molecule has 0 fully saturated rings. The van der Waals surface area contributed by atoms with Gasteiger partial charge in [0.15, 0.2) is 0 Å². The Labute approximate surface area is 93.6 Å². The summed E-state index contributed by atoms with van der Waals surface area (Å²) in [4.78, 5) is 11.7. The zero-order chi connectivity index (χ0) is 11.5. The fraction of sp³-hybridized carbons (Fsp3) is 0.417. The van der Waals surface area contributed by atoms with E-state index in [-0.39, 0.29) is 17.7 Å². The van der Waals surface area contributed by atoms with Crippen LogP contribution in [-0.4, -0.2) is 19.1 Å². The van der Waals surface area contributed by atoms with E-state index >= 15 is 0 Å². The third-order valence-corrected chi connectivity index (χ3v) is 2.71. The molecular weight excluding hydrogens is 209 g/mol. The summed E-state index contributed by atoms with van der Waals surface area (Å²) in [5, 5.41) is 3.08. The van der Waals surface area contributed by atoms with Crippen LogP contribution in [0.3, 0.4) is 0 Å². The van der Waals surface area contributed by atoms with Gasteiger partial charge in [0, 0.05) is 12.2 Å². The molecule has 1 unspecified atom stereocenters. The molecule has 0 aromatic heterocycles. The average Bonchev–Trinajstić information content (AvgIpc) is 2.28. The Morgan fingerprint density at radius 3 is 3.19 bits per heavy atom. The molecule has 1 aliphatic rings. The van der Waals surface area contributed by atoms with Gasteiger partial charge in [-0.05, 0) is 31.0 Å². The van der Waals surface area contributed by atoms with Gasteiger partial charge in [-0.25, -0.2) is 4.39 Å². The third-order valence-electron chi connectivity index (χ3n) is 2.71. The lowest BCUT2D eigenvalue weighted by molar-refractivity contribution is -0.145. The van der Waals surface area contributed by atoms with Gasteiger partial charge in [-0.2, -0.15) is 0 Å². The van der Waals surface area contributed by atoms with Gasteiger partial charge in [-0.3, -0.25) is 4.79 Å². The lowest BCUT2D eigenvalue weighted by atomic mass is 9.91. The Kier molecular flexibility index (Phi) is 3.08. The molecule has 2 rings (SSSR count). The Balaban J connectivity index is 2.29. The zero-order valence-electron chi connectivity index (χ0n) is 9.13. The number of rotatable bonds is 2. The van der Waals surface area contributed by atoms with Crippen LogP contribution in [0.2, 0.25) is 0 Å². The summed E-state index contributed by atoms with van der Waals surface area (Å²) in [6.45, 7) is 2.82. The molecule has 1 aromatic carbocycles. The van der Waals surface area contributed by atoms with Crippen LogP contribution in [0.5, 0.6) is 0 Å². The van der Waals surface area contributed by atoms with Crippen LogP contribution in [0.15, 0.2) is 18.2 Å². The van der Waals surface area contributed by atoms with Gasteiger partial charge in [0.1, 0.15) is 5.82 Å². The predicted molar refractivity (Wildman–Crippen MR) is 58.9 cm³/mol. The Morgan fingerprint density at radius 2 is 2.44 bits per heavy atom. The summed E-state index contributed by atoms with van der Waals surface area (Å²) in [5.41, 5.74) is 1.52. The molecule has 0 bridgehead atoms. The quantitative estimate of drug-likeness (QED) is 0.782. The highest BCUT2D eigenvalue weighted by molar-refractivity contribution is 5.81. The SMILES string of the molecule is CCOC(=O)C1CCNc2cc(F)ccc21. The normalized spacial score (nSPS) is 18.5. The molecule has 0 spiro atoms. The lowest BCUT2D eigenvalue weighted by Crippen LogP contribution is -2.24. The molecule has 86 valence electrons. The highest BCUT2D eigenvalue weighted by atomic mass is 19.1. The van der Waals surface area contributed by atoms with E-state index in [0.29, 0.717) is 25.3 Å². The standard InChI is InChI=1S/C12H14FNO2/c1-2-16-12(15)10-5-6-14-11-7-8(13)3-4-9(10)11/h3-4,7,10,14H,2,5-6H2,1H3. The molecule has 3 nitrogen and oxygen atoms in total. The van der Waals surface area contributed by atoms with Crippen molar-refractivity contribution in [2.24, 2.45) is 0 Å². The molecule has 0 saturated heterocycles. The second-order valence-electron chi connectivity index (χ2n) is 3.75. The second kappa shape index (κ2) is 4.51. The molecule has 0 radical (unpaired) electrons. The van der Waals surface area contributed by atoms with E-state index < -0.39 is 0 Å². The first kappa shape index (κ1) is 10.9. The maximum Gasteiger partial charge on any atom is 0.313 e. The minimum atomic E-state index is -0.296. The van der Waals surface area contributed by atoms with E-state index in [2.05, 4.69) is 5.32 Å². The highest BCUT2D eigenvalue weighted by Crippen LogP contribution is 2.32. The van der Waals surface area contributed by atoms with Crippen LogP contribution in [0, 0.1) is 5.82 Å². The summed E-state index contributed by atoms with van der Waals surface area (Å²) in [7, 11) is 0. The monoisotopic (exact) mass is 223 g/mol. The number of fused-ring (bicyclic) bond motifs is 1. The second-order valence-corrected chi connectivity index (χ2v) is 3.75. The fourth-order valence-corrected chi connectivity index (χ4v) is 1.98. The predicted octanol–water partition coefficient (Wildman–Crippen LogP) is 2.29. The fourth-order valence-electron chi connectivity index (χ4n) is 1.98. The van der Waals surface area contributed by atoms with Crippen molar-refractivity contribution in [1.29, 1.82) is 0 Å². The molecule has 0 saturated carbocycles. The molecule has 1 atom stereocenters.